The minimum Gasteiger partial charge on any atom is -0.355 e. The van der Waals surface area contributed by atoms with E-state index in [-0.39, 0.29) is 11.3 Å². The molecule has 4 rings (SSSR count). The monoisotopic (exact) mass is 345 g/mol. The van der Waals surface area contributed by atoms with E-state index in [4.69, 9.17) is 4.99 Å². The molecule has 1 aromatic heterocycles. The van der Waals surface area contributed by atoms with Gasteiger partial charge in [0, 0.05) is 44.6 Å². The summed E-state index contributed by atoms with van der Waals surface area (Å²) in [6.45, 7) is 5.14. The largest absolute Gasteiger partial charge is 0.355 e. The first-order valence-electron chi connectivity index (χ1n) is 9.22. The Morgan fingerprint density at radius 3 is 2.92 bits per heavy atom. The van der Waals surface area contributed by atoms with Gasteiger partial charge in [-0.1, -0.05) is 0 Å². The lowest BCUT2D eigenvalue weighted by atomic mass is 9.79. The number of amides is 1. The van der Waals surface area contributed by atoms with Gasteiger partial charge in [0.2, 0.25) is 5.91 Å². The average molecular weight is 345 g/mol. The molecule has 0 aromatic carbocycles. The van der Waals surface area contributed by atoms with E-state index in [1.807, 2.05) is 18.5 Å². The van der Waals surface area contributed by atoms with E-state index in [0.717, 1.165) is 50.1 Å². The highest BCUT2D eigenvalue weighted by atomic mass is 16.1. The van der Waals surface area contributed by atoms with Crippen LogP contribution in [0, 0.1) is 12.3 Å². The van der Waals surface area contributed by atoms with Crippen LogP contribution in [0.2, 0.25) is 0 Å². The van der Waals surface area contributed by atoms with Gasteiger partial charge in [-0.25, -0.2) is 4.99 Å². The summed E-state index contributed by atoms with van der Waals surface area (Å²) in [6.07, 6.45) is 5.27. The van der Waals surface area contributed by atoms with Gasteiger partial charge in [-0.15, -0.1) is 10.2 Å². The number of carbonyl (C=O) groups excluding carboxylic acids is 1. The Morgan fingerprint density at radius 1 is 1.44 bits per heavy atom. The van der Waals surface area contributed by atoms with Crippen LogP contribution in [0.25, 0.3) is 0 Å². The summed E-state index contributed by atoms with van der Waals surface area (Å²) in [5, 5.41) is 14.9. The Morgan fingerprint density at radius 2 is 2.28 bits per heavy atom. The summed E-state index contributed by atoms with van der Waals surface area (Å²) >= 11 is 0. The molecule has 2 N–H and O–H groups in total. The highest BCUT2D eigenvalue weighted by molar-refractivity contribution is 5.82. The third-order valence-electron chi connectivity index (χ3n) is 5.62. The number of piperidine rings is 1. The van der Waals surface area contributed by atoms with Crippen molar-refractivity contribution >= 4 is 11.9 Å². The van der Waals surface area contributed by atoms with Crippen molar-refractivity contribution in [1.82, 2.24) is 30.3 Å². The van der Waals surface area contributed by atoms with Crippen LogP contribution in [0.1, 0.15) is 43.8 Å². The Labute approximate surface area is 148 Å². The summed E-state index contributed by atoms with van der Waals surface area (Å²) in [5.74, 6) is 2.91. The minimum atomic E-state index is 0.0721. The molecule has 1 spiro atoms. The smallest absolute Gasteiger partial charge is 0.220 e. The number of nitrogens with zero attached hydrogens (tertiary/aromatic N) is 5. The van der Waals surface area contributed by atoms with Crippen LogP contribution >= 0.6 is 0 Å². The molecule has 1 aromatic rings. The standard InChI is InChI=1S/C17H27N7O/c1-12-21-22-14(23(12)2)9-18-16(20-13-4-5-13)24-7-3-6-17(11-24)8-15(25)19-10-17/h13H,3-11H2,1-2H3,(H,18,20)(H,19,25). The molecule has 3 heterocycles. The first-order chi connectivity index (χ1) is 12.0. The normalized spacial score (nSPS) is 27.0. The van der Waals surface area contributed by atoms with Crippen LogP contribution in [0.4, 0.5) is 0 Å². The van der Waals surface area contributed by atoms with Gasteiger partial charge in [0.15, 0.2) is 11.8 Å². The summed E-state index contributed by atoms with van der Waals surface area (Å²) in [6, 6.07) is 0.543. The number of carbonyl (C=O) groups is 1. The number of likely N-dealkylation sites (tertiary alicyclic amines) is 1. The van der Waals surface area contributed by atoms with Crippen LogP contribution in [0.5, 0.6) is 0 Å². The van der Waals surface area contributed by atoms with E-state index in [1.54, 1.807) is 0 Å². The number of aliphatic imine (C=N–C) groups is 1. The second-order valence-corrected chi connectivity index (χ2v) is 7.76. The number of hydrogen-bond acceptors (Lipinski definition) is 4. The minimum absolute atomic E-state index is 0.0721. The number of hydrogen-bond donors (Lipinski definition) is 2. The SMILES string of the molecule is Cc1nnc(CN=C(NC2CC2)N2CCCC3(CNC(=O)C3)C2)n1C. The van der Waals surface area contributed by atoms with Crippen molar-refractivity contribution in [3.63, 3.8) is 0 Å². The molecule has 1 unspecified atom stereocenters. The molecule has 1 aliphatic carbocycles. The van der Waals surface area contributed by atoms with Crippen LogP contribution in [-0.2, 0) is 18.4 Å². The number of aromatic nitrogens is 3. The maximum atomic E-state index is 11.7. The summed E-state index contributed by atoms with van der Waals surface area (Å²) in [7, 11) is 1.97. The van der Waals surface area contributed by atoms with Crippen molar-refractivity contribution < 1.29 is 4.79 Å². The fourth-order valence-electron chi connectivity index (χ4n) is 3.81. The predicted molar refractivity (Wildman–Crippen MR) is 93.9 cm³/mol. The maximum Gasteiger partial charge on any atom is 0.220 e. The molecule has 0 radical (unpaired) electrons. The first kappa shape index (κ1) is 16.4. The molecule has 1 atom stereocenters. The van der Waals surface area contributed by atoms with E-state index in [1.165, 1.54) is 12.8 Å². The number of aryl methyl sites for hydroxylation is 1. The van der Waals surface area contributed by atoms with Crippen LogP contribution in [-0.4, -0.2) is 57.2 Å². The van der Waals surface area contributed by atoms with Gasteiger partial charge >= 0.3 is 0 Å². The number of nitrogens with one attached hydrogen (secondary N) is 2. The topological polar surface area (TPSA) is 87.4 Å². The molecule has 1 amide bonds. The lowest BCUT2D eigenvalue weighted by Crippen LogP contribution is -2.51. The molecule has 2 aliphatic heterocycles. The molecule has 3 aliphatic rings. The zero-order valence-electron chi connectivity index (χ0n) is 15.1. The Balaban J connectivity index is 1.50. The van der Waals surface area contributed by atoms with Gasteiger partial charge < -0.3 is 20.1 Å². The van der Waals surface area contributed by atoms with E-state index in [2.05, 4.69) is 25.7 Å². The van der Waals surface area contributed by atoms with Gasteiger partial charge in [0.25, 0.3) is 0 Å². The van der Waals surface area contributed by atoms with Crippen molar-refractivity contribution in [2.24, 2.45) is 17.5 Å². The molecule has 25 heavy (non-hydrogen) atoms. The lowest BCUT2D eigenvalue weighted by molar-refractivity contribution is -0.119. The molecule has 0 bridgehead atoms. The van der Waals surface area contributed by atoms with Crippen LogP contribution in [0.3, 0.4) is 0 Å². The Kier molecular flexibility index (Phi) is 4.13. The molecule has 1 saturated carbocycles. The van der Waals surface area contributed by atoms with Crippen LogP contribution in [0.15, 0.2) is 4.99 Å². The number of rotatable bonds is 3. The van der Waals surface area contributed by atoms with Crippen molar-refractivity contribution in [1.29, 1.82) is 0 Å². The average Bonchev–Trinajstić information content (AvgIpc) is 3.28. The second kappa shape index (κ2) is 6.31. The van der Waals surface area contributed by atoms with Gasteiger partial charge in [0.1, 0.15) is 12.4 Å². The van der Waals surface area contributed by atoms with Gasteiger partial charge in [-0.05, 0) is 32.6 Å². The van der Waals surface area contributed by atoms with E-state index >= 15 is 0 Å². The van der Waals surface area contributed by atoms with Gasteiger partial charge in [-0.2, -0.15) is 0 Å². The van der Waals surface area contributed by atoms with Crippen molar-refractivity contribution in [2.75, 3.05) is 19.6 Å². The van der Waals surface area contributed by atoms with E-state index < -0.39 is 0 Å². The van der Waals surface area contributed by atoms with Crippen LogP contribution < -0.4 is 10.6 Å². The fourth-order valence-corrected chi connectivity index (χ4v) is 3.81. The quantitative estimate of drug-likeness (QED) is 0.609. The highest BCUT2D eigenvalue weighted by Gasteiger charge is 2.42. The van der Waals surface area contributed by atoms with Crippen molar-refractivity contribution in [3.8, 4) is 0 Å². The van der Waals surface area contributed by atoms with E-state index in [9.17, 15) is 4.79 Å². The fraction of sp³-hybridized carbons (Fsp3) is 0.765. The molecule has 8 nitrogen and oxygen atoms in total. The van der Waals surface area contributed by atoms with E-state index in [0.29, 0.717) is 19.0 Å². The molecular weight excluding hydrogens is 318 g/mol. The lowest BCUT2D eigenvalue weighted by Gasteiger charge is -2.41. The first-order valence-corrected chi connectivity index (χ1v) is 9.22. The second-order valence-electron chi connectivity index (χ2n) is 7.76. The molecule has 8 heteroatoms. The summed E-state index contributed by atoms with van der Waals surface area (Å²) in [4.78, 5) is 18.9. The van der Waals surface area contributed by atoms with Crippen molar-refractivity contribution in [3.05, 3.63) is 11.6 Å². The van der Waals surface area contributed by atoms with Gasteiger partial charge in [0.05, 0.1) is 0 Å². The number of guanidine groups is 1. The third kappa shape index (κ3) is 3.48. The molecule has 136 valence electrons. The van der Waals surface area contributed by atoms with Crippen molar-refractivity contribution in [2.45, 2.75) is 51.6 Å². The summed E-state index contributed by atoms with van der Waals surface area (Å²) < 4.78 is 1.98. The maximum absolute atomic E-state index is 11.7. The highest BCUT2D eigenvalue weighted by Crippen LogP contribution is 2.36. The molecular formula is C17H27N7O. The zero-order chi connectivity index (χ0) is 17.4. The summed E-state index contributed by atoms with van der Waals surface area (Å²) in [5.41, 5.74) is 0.0721. The molecule has 3 fully saturated rings. The van der Waals surface area contributed by atoms with Gasteiger partial charge in [-0.3, -0.25) is 4.79 Å². The predicted octanol–water partition coefficient (Wildman–Crippen LogP) is 0.334. The molecule has 2 saturated heterocycles. The Bertz CT molecular complexity index is 693. The Hall–Kier alpha value is -2.12. The third-order valence-corrected chi connectivity index (χ3v) is 5.62. The zero-order valence-corrected chi connectivity index (χ0v) is 15.1.